The predicted octanol–water partition coefficient (Wildman–Crippen LogP) is 1.44. The topological polar surface area (TPSA) is 56.7 Å². The molecule has 0 spiro atoms. The van der Waals surface area contributed by atoms with Crippen molar-refractivity contribution < 1.29 is 8.78 Å². The van der Waals surface area contributed by atoms with Crippen molar-refractivity contribution in [1.82, 2.24) is 14.8 Å². The van der Waals surface area contributed by atoms with E-state index >= 15 is 0 Å². The second kappa shape index (κ2) is 3.30. The normalized spacial score (nSPS) is 10.6. The van der Waals surface area contributed by atoms with E-state index in [-0.39, 0.29) is 11.6 Å². The molecule has 0 fully saturated rings. The number of halogens is 2. The van der Waals surface area contributed by atoms with Crippen molar-refractivity contribution in [1.29, 1.82) is 0 Å². The van der Waals surface area contributed by atoms with Crippen LogP contribution in [0.15, 0.2) is 18.3 Å². The second-order valence-corrected chi connectivity index (χ2v) is 3.06. The first-order chi connectivity index (χ1) is 7.08. The molecule has 0 radical (unpaired) electrons. The van der Waals surface area contributed by atoms with Gasteiger partial charge in [-0.3, -0.25) is 0 Å². The van der Waals surface area contributed by atoms with Crippen molar-refractivity contribution in [2.24, 2.45) is 0 Å². The summed E-state index contributed by atoms with van der Waals surface area (Å²) < 4.78 is 27.3. The Labute approximate surface area is 84.4 Å². The number of nitrogens with two attached hydrogens (primary N) is 1. The summed E-state index contributed by atoms with van der Waals surface area (Å²) >= 11 is 0. The summed E-state index contributed by atoms with van der Waals surface area (Å²) in [5.41, 5.74) is 5.95. The quantitative estimate of drug-likeness (QED) is 0.774. The zero-order valence-corrected chi connectivity index (χ0v) is 7.91. The van der Waals surface area contributed by atoms with Crippen molar-refractivity contribution in [3.05, 3.63) is 35.7 Å². The van der Waals surface area contributed by atoms with Crippen LogP contribution in [-0.4, -0.2) is 14.8 Å². The molecule has 2 N–H and O–H groups in total. The van der Waals surface area contributed by atoms with Crippen LogP contribution in [0.3, 0.4) is 0 Å². The van der Waals surface area contributed by atoms with Crippen LogP contribution in [0.1, 0.15) is 5.69 Å². The number of aromatic nitrogens is 3. The number of hydrogen-bond acceptors (Lipinski definition) is 3. The van der Waals surface area contributed by atoms with Crippen LogP contribution in [0.4, 0.5) is 14.6 Å². The summed E-state index contributed by atoms with van der Waals surface area (Å²) in [7, 11) is 0. The molecule has 2 aromatic heterocycles. The fourth-order valence-corrected chi connectivity index (χ4v) is 1.16. The molecule has 2 aromatic rings. The third-order valence-electron chi connectivity index (χ3n) is 1.88. The van der Waals surface area contributed by atoms with E-state index in [9.17, 15) is 8.78 Å². The molecule has 0 atom stereocenters. The lowest BCUT2D eigenvalue weighted by Gasteiger charge is -2.03. The second-order valence-electron chi connectivity index (χ2n) is 3.06. The van der Waals surface area contributed by atoms with Gasteiger partial charge in [-0.2, -0.15) is 5.10 Å². The van der Waals surface area contributed by atoms with Gasteiger partial charge in [0.2, 0.25) is 0 Å². The van der Waals surface area contributed by atoms with Crippen LogP contribution in [-0.2, 0) is 0 Å². The molecule has 0 unspecified atom stereocenters. The molecule has 0 aliphatic heterocycles. The van der Waals surface area contributed by atoms with E-state index in [1.165, 1.54) is 10.9 Å². The maximum Gasteiger partial charge on any atom is 0.191 e. The minimum atomic E-state index is -0.875. The molecular formula is C9H8F2N4. The molecule has 0 bridgehead atoms. The summed E-state index contributed by atoms with van der Waals surface area (Å²) in [6.07, 6.45) is 1.53. The highest BCUT2D eigenvalue weighted by Gasteiger charge is 2.11. The van der Waals surface area contributed by atoms with Crippen molar-refractivity contribution >= 4 is 5.82 Å². The molecule has 2 rings (SSSR count). The monoisotopic (exact) mass is 210 g/mol. The van der Waals surface area contributed by atoms with Gasteiger partial charge in [0, 0.05) is 12.3 Å². The zero-order chi connectivity index (χ0) is 11.0. The Hall–Kier alpha value is -1.98. The summed E-state index contributed by atoms with van der Waals surface area (Å²) in [5.74, 6) is -2.13. The lowest BCUT2D eigenvalue weighted by Crippen LogP contribution is -2.06. The fourth-order valence-electron chi connectivity index (χ4n) is 1.16. The Morgan fingerprint density at radius 1 is 1.33 bits per heavy atom. The Bertz CT molecular complexity index is 507. The molecule has 2 heterocycles. The van der Waals surface area contributed by atoms with Crippen LogP contribution >= 0.6 is 0 Å². The Balaban J connectivity index is 2.58. The summed E-state index contributed by atoms with van der Waals surface area (Å²) in [4.78, 5) is 3.58. The summed E-state index contributed by atoms with van der Waals surface area (Å²) in [6.45, 7) is 1.75. The molecule has 15 heavy (non-hydrogen) atoms. The SMILES string of the molecule is Cc1ccn(-c2nc(N)c(F)cc2F)n1. The molecule has 0 aliphatic carbocycles. The van der Waals surface area contributed by atoms with E-state index in [0.29, 0.717) is 11.8 Å². The Morgan fingerprint density at radius 3 is 2.67 bits per heavy atom. The standard InChI is InChI=1S/C9H8F2N4/c1-5-2-3-15(14-5)9-7(11)4-6(10)8(12)13-9/h2-4H,1H3,(H2,12,13). The van der Waals surface area contributed by atoms with E-state index in [4.69, 9.17) is 5.73 Å². The van der Waals surface area contributed by atoms with Crippen molar-refractivity contribution in [3.63, 3.8) is 0 Å². The van der Waals surface area contributed by atoms with Gasteiger partial charge < -0.3 is 5.73 Å². The van der Waals surface area contributed by atoms with Gasteiger partial charge in [0.25, 0.3) is 0 Å². The first kappa shape index (κ1) is 9.57. The molecular weight excluding hydrogens is 202 g/mol. The zero-order valence-electron chi connectivity index (χ0n) is 7.91. The molecule has 4 nitrogen and oxygen atoms in total. The predicted molar refractivity (Wildman–Crippen MR) is 50.4 cm³/mol. The minimum absolute atomic E-state index is 0.109. The maximum atomic E-state index is 13.3. The Morgan fingerprint density at radius 2 is 2.07 bits per heavy atom. The number of aryl methyl sites for hydroxylation is 1. The number of nitrogen functional groups attached to an aromatic ring is 1. The number of hydrogen-bond donors (Lipinski definition) is 1. The molecule has 6 heteroatoms. The number of anilines is 1. The summed E-state index contributed by atoms with van der Waals surface area (Å²) in [5, 5.41) is 3.95. The number of rotatable bonds is 1. The highest BCUT2D eigenvalue weighted by molar-refractivity contribution is 5.37. The largest absolute Gasteiger partial charge is 0.381 e. The van der Waals surface area contributed by atoms with E-state index in [2.05, 4.69) is 10.1 Å². The lowest BCUT2D eigenvalue weighted by molar-refractivity contribution is 0.564. The highest BCUT2D eigenvalue weighted by Crippen LogP contribution is 2.15. The molecule has 0 saturated heterocycles. The smallest absolute Gasteiger partial charge is 0.191 e. The van der Waals surface area contributed by atoms with Crippen LogP contribution < -0.4 is 5.73 Å². The van der Waals surface area contributed by atoms with Gasteiger partial charge in [-0.1, -0.05) is 0 Å². The maximum absolute atomic E-state index is 13.3. The van der Waals surface area contributed by atoms with Crippen LogP contribution in [0.5, 0.6) is 0 Å². The van der Waals surface area contributed by atoms with E-state index in [0.717, 1.165) is 0 Å². The third kappa shape index (κ3) is 1.65. The van der Waals surface area contributed by atoms with Crippen molar-refractivity contribution in [3.8, 4) is 5.82 Å². The summed E-state index contributed by atoms with van der Waals surface area (Å²) in [6, 6.07) is 2.37. The van der Waals surface area contributed by atoms with Gasteiger partial charge in [0.05, 0.1) is 5.69 Å². The van der Waals surface area contributed by atoms with Crippen molar-refractivity contribution in [2.45, 2.75) is 6.92 Å². The first-order valence-electron chi connectivity index (χ1n) is 4.22. The van der Waals surface area contributed by atoms with Gasteiger partial charge in [-0.25, -0.2) is 18.4 Å². The van der Waals surface area contributed by atoms with Crippen LogP contribution in [0, 0.1) is 18.6 Å². The Kier molecular flexibility index (Phi) is 2.11. The molecule has 0 aromatic carbocycles. The van der Waals surface area contributed by atoms with E-state index in [1.807, 2.05) is 0 Å². The molecule has 78 valence electrons. The average Bonchev–Trinajstić information content (AvgIpc) is 2.58. The lowest BCUT2D eigenvalue weighted by atomic mass is 10.4. The van der Waals surface area contributed by atoms with Gasteiger partial charge in [0.15, 0.2) is 23.3 Å². The van der Waals surface area contributed by atoms with Crippen LogP contribution in [0.2, 0.25) is 0 Å². The number of nitrogens with zero attached hydrogens (tertiary/aromatic N) is 3. The van der Waals surface area contributed by atoms with Crippen LogP contribution in [0.25, 0.3) is 5.82 Å². The molecule has 0 aliphatic rings. The van der Waals surface area contributed by atoms with Gasteiger partial charge in [-0.05, 0) is 13.0 Å². The molecule has 0 amide bonds. The van der Waals surface area contributed by atoms with Crippen molar-refractivity contribution in [2.75, 3.05) is 5.73 Å². The van der Waals surface area contributed by atoms with Gasteiger partial charge in [-0.15, -0.1) is 0 Å². The van der Waals surface area contributed by atoms with E-state index in [1.54, 1.807) is 13.0 Å². The first-order valence-corrected chi connectivity index (χ1v) is 4.22. The van der Waals surface area contributed by atoms with Gasteiger partial charge in [0.1, 0.15) is 0 Å². The molecule has 0 saturated carbocycles. The highest BCUT2D eigenvalue weighted by atomic mass is 19.1. The average molecular weight is 210 g/mol. The van der Waals surface area contributed by atoms with Gasteiger partial charge >= 0.3 is 0 Å². The van der Waals surface area contributed by atoms with E-state index < -0.39 is 11.6 Å². The minimum Gasteiger partial charge on any atom is -0.381 e. The number of pyridine rings is 1. The fraction of sp³-hybridized carbons (Fsp3) is 0.111. The third-order valence-corrected chi connectivity index (χ3v) is 1.88.